The number of benzene rings is 1. The van der Waals surface area contributed by atoms with E-state index in [1.165, 1.54) is 12.1 Å². The fraction of sp³-hybridized carbons (Fsp3) is 0.158. The highest BCUT2D eigenvalue weighted by atomic mass is 32.2. The molecule has 25 heavy (non-hydrogen) atoms. The Balaban J connectivity index is 2.08. The molecule has 3 rings (SSSR count). The summed E-state index contributed by atoms with van der Waals surface area (Å²) >= 11 is 0. The Morgan fingerprint density at radius 1 is 1.08 bits per heavy atom. The molecule has 1 aromatic carbocycles. The van der Waals surface area contributed by atoms with Gasteiger partial charge in [-0.3, -0.25) is 10.1 Å². The number of nitrogens with zero attached hydrogens (tertiary/aromatic N) is 1. The zero-order valence-corrected chi connectivity index (χ0v) is 14.5. The standard InChI is InChI=1S/C19H17NO4S/c1-14-6-10-18(11-7-14)25(23,24)13-17-9-8-15-4-2-3-5-16(12-15)19(17)20(21)22/h2-11H,12-13H2,1H3. The molecule has 0 N–H and O–H groups in total. The zero-order valence-electron chi connectivity index (χ0n) is 13.7. The lowest BCUT2D eigenvalue weighted by Gasteiger charge is -2.08. The van der Waals surface area contributed by atoms with Crippen molar-refractivity contribution in [3.05, 3.63) is 98.8 Å². The number of hydrogen-bond donors (Lipinski definition) is 0. The van der Waals surface area contributed by atoms with Gasteiger partial charge in [-0.1, -0.05) is 54.2 Å². The van der Waals surface area contributed by atoms with Crippen LogP contribution in [-0.2, 0) is 9.84 Å². The minimum Gasteiger partial charge on any atom is -0.258 e. The molecular formula is C19H17NO4S. The SMILES string of the molecule is Cc1ccc(S(=O)(=O)CC2=C([N+](=O)[O-])C3=CC=CC=C(C=C2)C3)cc1. The number of aryl methyl sites for hydroxylation is 1. The highest BCUT2D eigenvalue weighted by molar-refractivity contribution is 7.91. The van der Waals surface area contributed by atoms with Crippen LogP contribution < -0.4 is 0 Å². The molecule has 128 valence electrons. The van der Waals surface area contributed by atoms with Crippen molar-refractivity contribution in [2.24, 2.45) is 0 Å². The van der Waals surface area contributed by atoms with E-state index in [2.05, 4.69) is 0 Å². The summed E-state index contributed by atoms with van der Waals surface area (Å²) in [6, 6.07) is 6.50. The lowest BCUT2D eigenvalue weighted by molar-refractivity contribution is -0.421. The molecule has 2 aliphatic rings. The molecule has 2 aliphatic carbocycles. The fourth-order valence-electron chi connectivity index (χ4n) is 2.84. The molecule has 0 atom stereocenters. The van der Waals surface area contributed by atoms with Crippen molar-refractivity contribution in [2.45, 2.75) is 18.2 Å². The molecule has 0 aliphatic heterocycles. The summed E-state index contributed by atoms with van der Waals surface area (Å²) in [5, 5.41) is 11.6. The van der Waals surface area contributed by atoms with Crippen molar-refractivity contribution in [1.82, 2.24) is 0 Å². The van der Waals surface area contributed by atoms with Gasteiger partial charge in [-0.05, 0) is 24.6 Å². The van der Waals surface area contributed by atoms with Crippen LogP contribution in [0.2, 0.25) is 0 Å². The summed E-state index contributed by atoms with van der Waals surface area (Å²) < 4.78 is 25.4. The van der Waals surface area contributed by atoms with Crippen LogP contribution in [0, 0.1) is 17.0 Å². The maximum absolute atomic E-state index is 12.7. The molecule has 1 aromatic rings. The Hall–Kier alpha value is -2.73. The lowest BCUT2D eigenvalue weighted by atomic mass is 10.0. The third kappa shape index (κ3) is 3.69. The van der Waals surface area contributed by atoms with Crippen LogP contribution >= 0.6 is 0 Å². The molecule has 0 heterocycles. The summed E-state index contributed by atoms with van der Waals surface area (Å²) in [6.07, 6.45) is 10.8. The number of fused-ring (bicyclic) bond motifs is 2. The van der Waals surface area contributed by atoms with Crippen LogP contribution in [0.4, 0.5) is 0 Å². The van der Waals surface area contributed by atoms with Gasteiger partial charge < -0.3 is 0 Å². The van der Waals surface area contributed by atoms with Gasteiger partial charge in [0.25, 0.3) is 5.70 Å². The number of rotatable bonds is 4. The number of sulfone groups is 1. The summed E-state index contributed by atoms with van der Waals surface area (Å²) in [5.74, 6) is -0.406. The molecule has 6 heteroatoms. The molecule has 0 unspecified atom stereocenters. The predicted molar refractivity (Wildman–Crippen MR) is 96.3 cm³/mol. The molecule has 0 radical (unpaired) electrons. The van der Waals surface area contributed by atoms with Crippen LogP contribution in [0.25, 0.3) is 0 Å². The van der Waals surface area contributed by atoms with Crippen molar-refractivity contribution in [1.29, 1.82) is 0 Å². The van der Waals surface area contributed by atoms with Crippen LogP contribution in [0.3, 0.4) is 0 Å². The van der Waals surface area contributed by atoms with Gasteiger partial charge in [0.1, 0.15) is 0 Å². The van der Waals surface area contributed by atoms with Gasteiger partial charge in [-0.15, -0.1) is 0 Å². The minimum absolute atomic E-state index is 0.123. The lowest BCUT2D eigenvalue weighted by Crippen LogP contribution is -2.13. The molecule has 0 aromatic heterocycles. The molecule has 5 nitrogen and oxygen atoms in total. The van der Waals surface area contributed by atoms with E-state index in [4.69, 9.17) is 0 Å². The molecule has 0 fully saturated rings. The van der Waals surface area contributed by atoms with Gasteiger partial charge in [0.05, 0.1) is 15.6 Å². The number of hydrogen-bond acceptors (Lipinski definition) is 4. The largest absolute Gasteiger partial charge is 0.277 e. The summed E-state index contributed by atoms with van der Waals surface area (Å²) in [6.45, 7) is 1.87. The van der Waals surface area contributed by atoms with E-state index in [9.17, 15) is 18.5 Å². The van der Waals surface area contributed by atoms with Crippen LogP contribution in [0.1, 0.15) is 12.0 Å². The van der Waals surface area contributed by atoms with E-state index in [0.29, 0.717) is 12.0 Å². The van der Waals surface area contributed by atoms with Crippen LogP contribution in [-0.4, -0.2) is 19.1 Å². The molecular weight excluding hydrogens is 338 g/mol. The van der Waals surface area contributed by atoms with Gasteiger partial charge >= 0.3 is 0 Å². The van der Waals surface area contributed by atoms with Crippen LogP contribution in [0.15, 0.2) is 88.0 Å². The average molecular weight is 355 g/mol. The van der Waals surface area contributed by atoms with Crippen molar-refractivity contribution in [3.63, 3.8) is 0 Å². The van der Waals surface area contributed by atoms with Gasteiger partial charge in [-0.2, -0.15) is 0 Å². The van der Waals surface area contributed by atoms with Crippen molar-refractivity contribution < 1.29 is 13.3 Å². The second-order valence-electron chi connectivity index (χ2n) is 6.03. The summed E-state index contributed by atoms with van der Waals surface area (Å²) in [5.41, 5.74) is 2.45. The smallest absolute Gasteiger partial charge is 0.258 e. The van der Waals surface area contributed by atoms with E-state index in [0.717, 1.165) is 11.1 Å². The Morgan fingerprint density at radius 2 is 1.76 bits per heavy atom. The zero-order chi connectivity index (χ0) is 18.0. The Bertz CT molecular complexity index is 975. The maximum Gasteiger partial charge on any atom is 0.277 e. The first-order chi connectivity index (χ1) is 11.9. The fourth-order valence-corrected chi connectivity index (χ4v) is 4.20. The quantitative estimate of drug-likeness (QED) is 0.610. The maximum atomic E-state index is 12.7. The van der Waals surface area contributed by atoms with Crippen LogP contribution in [0.5, 0.6) is 0 Å². The van der Waals surface area contributed by atoms with Crippen molar-refractivity contribution in [2.75, 3.05) is 5.75 Å². The molecule has 0 spiro atoms. The average Bonchev–Trinajstić information content (AvgIpc) is 2.87. The van der Waals surface area contributed by atoms with Crippen molar-refractivity contribution in [3.8, 4) is 0 Å². The number of nitro groups is 1. The second-order valence-corrected chi connectivity index (χ2v) is 8.02. The molecule has 2 bridgehead atoms. The van der Waals surface area contributed by atoms with E-state index < -0.39 is 20.5 Å². The van der Waals surface area contributed by atoms with E-state index in [1.54, 1.807) is 36.4 Å². The van der Waals surface area contributed by atoms with Gasteiger partial charge in [0.15, 0.2) is 9.84 Å². The first-order valence-electron chi connectivity index (χ1n) is 7.78. The van der Waals surface area contributed by atoms with E-state index in [-0.39, 0.29) is 16.2 Å². The van der Waals surface area contributed by atoms with Crippen molar-refractivity contribution >= 4 is 9.84 Å². The topological polar surface area (TPSA) is 77.3 Å². The monoisotopic (exact) mass is 355 g/mol. The van der Waals surface area contributed by atoms with Gasteiger partial charge in [0.2, 0.25) is 0 Å². The minimum atomic E-state index is -3.68. The molecule has 0 saturated heterocycles. The predicted octanol–water partition coefficient (Wildman–Crippen LogP) is 3.68. The third-order valence-electron chi connectivity index (χ3n) is 4.13. The van der Waals surface area contributed by atoms with Gasteiger partial charge in [0, 0.05) is 17.6 Å². The highest BCUT2D eigenvalue weighted by Crippen LogP contribution is 2.31. The molecule has 0 amide bonds. The van der Waals surface area contributed by atoms with E-state index >= 15 is 0 Å². The van der Waals surface area contributed by atoms with E-state index in [1.807, 2.05) is 19.1 Å². The molecule has 0 saturated carbocycles. The summed E-state index contributed by atoms with van der Waals surface area (Å²) in [7, 11) is -3.68. The number of allylic oxidation sites excluding steroid dienone is 8. The first kappa shape index (κ1) is 17.1. The third-order valence-corrected chi connectivity index (χ3v) is 5.81. The first-order valence-corrected chi connectivity index (χ1v) is 9.44. The Labute approximate surface area is 146 Å². The highest BCUT2D eigenvalue weighted by Gasteiger charge is 2.28. The normalized spacial score (nSPS) is 16.8. The van der Waals surface area contributed by atoms with Gasteiger partial charge in [-0.25, -0.2) is 8.42 Å². The summed E-state index contributed by atoms with van der Waals surface area (Å²) in [4.78, 5) is 11.3. The second kappa shape index (κ2) is 6.64. The Morgan fingerprint density at radius 3 is 2.44 bits per heavy atom. The Kier molecular flexibility index (Phi) is 4.55.